The zero-order chi connectivity index (χ0) is 26.0. The number of nitrogens with one attached hydrogen (secondary N) is 2. The van der Waals surface area contributed by atoms with Crippen LogP contribution in [0.25, 0.3) is 0 Å². The van der Waals surface area contributed by atoms with Crippen molar-refractivity contribution in [2.75, 3.05) is 13.7 Å². The predicted octanol–water partition coefficient (Wildman–Crippen LogP) is 2.40. The number of aliphatic hydroxyl groups is 1. The molecule has 1 aromatic carbocycles. The fraction of sp³-hybridized carbons (Fsp3) is 0.500. The minimum absolute atomic E-state index is 0.0107. The first kappa shape index (κ1) is 26.1. The summed E-state index contributed by atoms with van der Waals surface area (Å²) in [4.78, 5) is 46.5. The van der Waals surface area contributed by atoms with Crippen LogP contribution in [-0.2, 0) is 16.8 Å². The van der Waals surface area contributed by atoms with E-state index in [1.807, 2.05) is 0 Å². The molecule has 0 radical (unpaired) electrons. The van der Waals surface area contributed by atoms with Crippen molar-refractivity contribution in [2.24, 2.45) is 5.92 Å². The van der Waals surface area contributed by atoms with Crippen molar-refractivity contribution in [1.82, 2.24) is 20.2 Å². The van der Waals surface area contributed by atoms with Gasteiger partial charge in [-0.15, -0.1) is 0 Å². The van der Waals surface area contributed by atoms with E-state index in [0.29, 0.717) is 18.4 Å². The third-order valence-corrected chi connectivity index (χ3v) is 6.08. The molecule has 190 valence electrons. The lowest BCUT2D eigenvalue weighted by Crippen LogP contribution is -2.49. The Bertz CT molecular complexity index is 1140. The first-order chi connectivity index (χ1) is 16.4. The maximum absolute atomic E-state index is 13.1. The molecule has 1 heterocycles. The van der Waals surface area contributed by atoms with Gasteiger partial charge in [0.25, 0.3) is 11.5 Å². The fourth-order valence-electron chi connectivity index (χ4n) is 4.18. The summed E-state index contributed by atoms with van der Waals surface area (Å²) in [5.41, 5.74) is -2.79. The van der Waals surface area contributed by atoms with E-state index in [1.54, 1.807) is 20.8 Å². The number of aromatic nitrogens is 2. The van der Waals surface area contributed by atoms with Crippen LogP contribution in [0.15, 0.2) is 29.1 Å². The van der Waals surface area contributed by atoms with Crippen molar-refractivity contribution in [2.45, 2.75) is 57.7 Å². The number of hydrogen-bond acceptors (Lipinski definition) is 7. The number of aromatic amines is 1. The minimum atomic E-state index is -1.17. The summed E-state index contributed by atoms with van der Waals surface area (Å²) in [6.07, 6.45) is 0.497. The van der Waals surface area contributed by atoms with Crippen LogP contribution in [0.1, 0.15) is 61.9 Å². The highest BCUT2D eigenvalue weighted by Gasteiger charge is 2.49. The molecular formula is C24H31FN4O6. The molecule has 10 nitrogen and oxygen atoms in total. The van der Waals surface area contributed by atoms with Gasteiger partial charge in [-0.05, 0) is 63.6 Å². The number of amides is 2. The second-order valence-electron chi connectivity index (χ2n) is 9.78. The van der Waals surface area contributed by atoms with Crippen LogP contribution in [0.4, 0.5) is 9.18 Å². The van der Waals surface area contributed by atoms with E-state index in [9.17, 15) is 29.0 Å². The average molecular weight is 491 g/mol. The maximum Gasteiger partial charge on any atom is 0.410 e. The molecule has 2 aromatic rings. The van der Waals surface area contributed by atoms with Gasteiger partial charge in [0, 0.05) is 20.2 Å². The molecule has 1 fully saturated rings. The van der Waals surface area contributed by atoms with Crippen LogP contribution in [0.3, 0.4) is 0 Å². The lowest BCUT2D eigenvalue weighted by atomic mass is 9.92. The summed E-state index contributed by atoms with van der Waals surface area (Å²) < 4.78 is 18.6. The van der Waals surface area contributed by atoms with E-state index in [1.165, 1.54) is 36.2 Å². The lowest BCUT2D eigenvalue weighted by Gasteiger charge is -2.38. The number of H-pyrrole nitrogens is 1. The number of aliphatic hydroxyl groups excluding tert-OH is 1. The SMILES string of the molecule is CN(C(=O)OC(C)(C)C)C1(c2nc(C(=O)NCc3ccc(F)cc3)c(O)c(=O)[nH]2)CCC(CO)C1. The zero-order valence-corrected chi connectivity index (χ0v) is 20.2. The van der Waals surface area contributed by atoms with Crippen LogP contribution < -0.4 is 10.9 Å². The highest BCUT2D eigenvalue weighted by Crippen LogP contribution is 2.45. The summed E-state index contributed by atoms with van der Waals surface area (Å²) in [7, 11) is 1.51. The fourth-order valence-corrected chi connectivity index (χ4v) is 4.18. The van der Waals surface area contributed by atoms with Gasteiger partial charge in [-0.1, -0.05) is 12.1 Å². The van der Waals surface area contributed by atoms with Crippen LogP contribution in [0.5, 0.6) is 5.75 Å². The Morgan fingerprint density at radius 3 is 2.54 bits per heavy atom. The lowest BCUT2D eigenvalue weighted by molar-refractivity contribution is 0.00131. The quantitative estimate of drug-likeness (QED) is 0.487. The van der Waals surface area contributed by atoms with Crippen LogP contribution in [-0.4, -0.2) is 56.3 Å². The highest BCUT2D eigenvalue weighted by atomic mass is 19.1. The third-order valence-electron chi connectivity index (χ3n) is 6.08. The molecule has 0 aliphatic heterocycles. The number of benzene rings is 1. The molecule has 0 bridgehead atoms. The summed E-state index contributed by atoms with van der Waals surface area (Å²) in [5, 5.41) is 22.6. The Hall–Kier alpha value is -3.47. The Labute approximate surface area is 202 Å². The van der Waals surface area contributed by atoms with Gasteiger partial charge in [0.1, 0.15) is 22.8 Å². The van der Waals surface area contributed by atoms with E-state index < -0.39 is 46.0 Å². The molecule has 1 saturated carbocycles. The number of halogens is 1. The Morgan fingerprint density at radius 2 is 1.97 bits per heavy atom. The van der Waals surface area contributed by atoms with Gasteiger partial charge >= 0.3 is 6.09 Å². The minimum Gasteiger partial charge on any atom is -0.501 e. The molecule has 4 N–H and O–H groups in total. The molecule has 2 unspecified atom stereocenters. The molecule has 35 heavy (non-hydrogen) atoms. The van der Waals surface area contributed by atoms with Crippen molar-refractivity contribution in [3.05, 3.63) is 57.5 Å². The molecule has 2 amide bonds. The zero-order valence-electron chi connectivity index (χ0n) is 20.2. The second-order valence-corrected chi connectivity index (χ2v) is 9.78. The topological polar surface area (TPSA) is 145 Å². The Balaban J connectivity index is 1.97. The van der Waals surface area contributed by atoms with Gasteiger partial charge in [0.2, 0.25) is 5.75 Å². The summed E-state index contributed by atoms with van der Waals surface area (Å²) in [5.74, 6) is -2.26. The standard InChI is InChI=1S/C24H31FN4O6/c1-23(2,3)35-22(34)29(4)24(10-9-15(11-24)13-30)21-27-17(18(31)20(33)28-21)19(32)26-12-14-5-7-16(25)8-6-14/h5-8,15,30-31H,9-13H2,1-4H3,(H,26,32)(H,27,28,33). The van der Waals surface area contributed by atoms with Crippen LogP contribution in [0.2, 0.25) is 0 Å². The first-order valence-corrected chi connectivity index (χ1v) is 11.3. The van der Waals surface area contributed by atoms with Crippen molar-refractivity contribution in [3.8, 4) is 5.75 Å². The van der Waals surface area contributed by atoms with Gasteiger partial charge in [-0.2, -0.15) is 0 Å². The summed E-state index contributed by atoms with van der Waals surface area (Å²) >= 11 is 0. The van der Waals surface area contributed by atoms with E-state index in [0.717, 1.165) is 0 Å². The van der Waals surface area contributed by atoms with Crippen molar-refractivity contribution >= 4 is 12.0 Å². The van der Waals surface area contributed by atoms with E-state index in [4.69, 9.17) is 4.74 Å². The third kappa shape index (κ3) is 5.79. The molecule has 1 aliphatic rings. The molecule has 2 atom stereocenters. The molecule has 3 rings (SSSR count). The maximum atomic E-state index is 13.1. The molecule has 11 heteroatoms. The molecule has 0 saturated heterocycles. The number of rotatable bonds is 6. The first-order valence-electron chi connectivity index (χ1n) is 11.3. The Kier molecular flexibility index (Phi) is 7.49. The van der Waals surface area contributed by atoms with Crippen molar-refractivity contribution in [3.63, 3.8) is 0 Å². The number of hydrogen-bond donors (Lipinski definition) is 4. The number of nitrogens with zero attached hydrogens (tertiary/aromatic N) is 2. The van der Waals surface area contributed by atoms with Gasteiger partial charge < -0.3 is 25.3 Å². The number of carbonyl (C=O) groups is 2. The highest BCUT2D eigenvalue weighted by molar-refractivity contribution is 5.94. The normalized spacial score (nSPS) is 19.9. The summed E-state index contributed by atoms with van der Waals surface area (Å²) in [6, 6.07) is 5.47. The largest absolute Gasteiger partial charge is 0.501 e. The Morgan fingerprint density at radius 1 is 1.31 bits per heavy atom. The van der Waals surface area contributed by atoms with E-state index in [-0.39, 0.29) is 31.3 Å². The van der Waals surface area contributed by atoms with Crippen LogP contribution in [0, 0.1) is 11.7 Å². The number of aromatic hydroxyl groups is 1. The molecule has 0 spiro atoms. The predicted molar refractivity (Wildman–Crippen MR) is 124 cm³/mol. The summed E-state index contributed by atoms with van der Waals surface area (Å²) in [6.45, 7) is 5.05. The number of ether oxygens (including phenoxy) is 1. The van der Waals surface area contributed by atoms with Crippen molar-refractivity contribution < 1.29 is 28.9 Å². The smallest absolute Gasteiger partial charge is 0.410 e. The van der Waals surface area contributed by atoms with E-state index in [2.05, 4.69) is 15.3 Å². The number of carbonyl (C=O) groups excluding carboxylic acids is 2. The van der Waals surface area contributed by atoms with Gasteiger partial charge in [-0.3, -0.25) is 14.5 Å². The van der Waals surface area contributed by atoms with E-state index >= 15 is 0 Å². The van der Waals surface area contributed by atoms with Gasteiger partial charge in [0.15, 0.2) is 5.69 Å². The molecular weight excluding hydrogens is 459 g/mol. The van der Waals surface area contributed by atoms with Crippen LogP contribution >= 0.6 is 0 Å². The average Bonchev–Trinajstić information content (AvgIpc) is 3.24. The molecule has 1 aliphatic carbocycles. The van der Waals surface area contributed by atoms with Crippen molar-refractivity contribution in [1.29, 1.82) is 0 Å². The van der Waals surface area contributed by atoms with Gasteiger partial charge in [-0.25, -0.2) is 14.2 Å². The van der Waals surface area contributed by atoms with Gasteiger partial charge in [0.05, 0.1) is 0 Å². The second kappa shape index (κ2) is 10.0. The molecule has 1 aromatic heterocycles. The monoisotopic (exact) mass is 490 g/mol.